The molecule has 0 unspecified atom stereocenters. The number of nitrogens with zero attached hydrogens (tertiary/aromatic N) is 2. The number of methoxy groups -OCH3 is 1. The predicted octanol–water partition coefficient (Wildman–Crippen LogP) is 8.20. The van der Waals surface area contributed by atoms with E-state index in [4.69, 9.17) is 42.4 Å². The van der Waals surface area contributed by atoms with Gasteiger partial charge in [-0.25, -0.2) is 9.79 Å². The van der Waals surface area contributed by atoms with Gasteiger partial charge in [0.25, 0.3) is 5.56 Å². The fourth-order valence-electron chi connectivity index (χ4n) is 5.31. The lowest BCUT2D eigenvalue weighted by Crippen LogP contribution is -2.40. The molecule has 6 rings (SSSR count). The van der Waals surface area contributed by atoms with Crippen LogP contribution < -0.4 is 24.4 Å². The molecule has 0 spiro atoms. The van der Waals surface area contributed by atoms with Crippen molar-refractivity contribution in [3.8, 4) is 11.5 Å². The highest BCUT2D eigenvalue weighted by Crippen LogP contribution is 2.36. The van der Waals surface area contributed by atoms with E-state index in [1.165, 1.54) is 11.3 Å². The van der Waals surface area contributed by atoms with Crippen molar-refractivity contribution in [2.24, 2.45) is 4.99 Å². The first-order valence-electron chi connectivity index (χ1n) is 14.7. The zero-order valence-corrected chi connectivity index (χ0v) is 31.6. The fourth-order valence-corrected chi connectivity index (χ4v) is 8.47. The van der Waals surface area contributed by atoms with Crippen molar-refractivity contribution in [1.29, 1.82) is 0 Å². The monoisotopic (exact) mass is 874 g/mol. The van der Waals surface area contributed by atoms with Crippen molar-refractivity contribution in [1.82, 2.24) is 4.57 Å². The van der Waals surface area contributed by atoms with Crippen LogP contribution in [0.1, 0.15) is 35.2 Å². The number of thiazole rings is 1. The third-order valence-electron chi connectivity index (χ3n) is 7.52. The van der Waals surface area contributed by atoms with E-state index in [1.54, 1.807) is 48.9 Å². The molecule has 2 heterocycles. The minimum absolute atomic E-state index is 0.162. The van der Waals surface area contributed by atoms with Crippen molar-refractivity contribution in [2.45, 2.75) is 19.6 Å². The highest BCUT2D eigenvalue weighted by atomic mass is 127. The minimum atomic E-state index is -0.811. The van der Waals surface area contributed by atoms with Gasteiger partial charge in [0.2, 0.25) is 0 Å². The summed E-state index contributed by atoms with van der Waals surface area (Å²) < 4.78 is 20.9. The van der Waals surface area contributed by atoms with Gasteiger partial charge in [-0.05, 0) is 77.6 Å². The number of hydrogen-bond acceptors (Lipinski definition) is 7. The number of benzene rings is 4. The van der Waals surface area contributed by atoms with E-state index >= 15 is 0 Å². The summed E-state index contributed by atoms with van der Waals surface area (Å²) >= 11 is 19.5. The number of esters is 1. The SMILES string of the molecule is CCOC(=O)C1=C(c2ccccc2)N=c2s/c(=C\c3cc(Br)cc(I)c3OCc3ccc(Cl)cc3Cl)c(=O)n2[C@@H]1c1ccc(OC)cc1. The Morgan fingerprint density at radius 3 is 2.50 bits per heavy atom. The maximum Gasteiger partial charge on any atom is 0.338 e. The van der Waals surface area contributed by atoms with Crippen LogP contribution in [0.15, 0.2) is 105 Å². The number of ether oxygens (including phenoxy) is 3. The summed E-state index contributed by atoms with van der Waals surface area (Å²) in [6.07, 6.45) is 1.79. The fraction of sp³-hybridized carbons (Fsp3) is 0.139. The van der Waals surface area contributed by atoms with Gasteiger partial charge in [-0.1, -0.05) is 99.0 Å². The third kappa shape index (κ3) is 7.13. The third-order valence-corrected chi connectivity index (χ3v) is 10.3. The number of carbonyl (C=O) groups is 1. The van der Waals surface area contributed by atoms with Crippen LogP contribution in [0.5, 0.6) is 11.5 Å². The molecule has 244 valence electrons. The van der Waals surface area contributed by atoms with Gasteiger partial charge in [-0.15, -0.1) is 0 Å². The molecule has 48 heavy (non-hydrogen) atoms. The Morgan fingerprint density at radius 1 is 1.06 bits per heavy atom. The van der Waals surface area contributed by atoms with E-state index in [0.29, 0.717) is 47.7 Å². The van der Waals surface area contributed by atoms with Gasteiger partial charge in [0.1, 0.15) is 18.1 Å². The molecule has 12 heteroatoms. The zero-order chi connectivity index (χ0) is 33.9. The summed E-state index contributed by atoms with van der Waals surface area (Å²) in [5, 5.41) is 1.03. The molecule has 0 radical (unpaired) electrons. The van der Waals surface area contributed by atoms with Crippen molar-refractivity contribution in [2.75, 3.05) is 13.7 Å². The van der Waals surface area contributed by atoms with E-state index in [0.717, 1.165) is 19.2 Å². The van der Waals surface area contributed by atoms with Crippen LogP contribution in [0.3, 0.4) is 0 Å². The van der Waals surface area contributed by atoms with Crippen LogP contribution in [0.25, 0.3) is 11.8 Å². The normalized spacial score (nSPS) is 14.4. The standard InChI is InChI=1S/C36H26BrCl2IN2O5S/c1-3-46-35(44)30-31(20-7-5-4-6-8-20)41-36-42(32(30)21-10-13-26(45-2)14-11-21)34(43)29(48-36)16-23-15-24(37)17-28(40)33(23)47-19-22-9-12-25(38)18-27(22)39/h4-18,32H,3,19H2,1-2H3/b29-16-/t32-/m1/s1. The van der Waals surface area contributed by atoms with Crippen LogP contribution in [-0.2, 0) is 16.1 Å². The zero-order valence-electron chi connectivity index (χ0n) is 25.5. The summed E-state index contributed by atoms with van der Waals surface area (Å²) in [5.41, 5.74) is 3.29. The average molecular weight is 876 g/mol. The van der Waals surface area contributed by atoms with E-state index in [2.05, 4.69) is 38.5 Å². The van der Waals surface area contributed by atoms with Crippen molar-refractivity contribution in [3.05, 3.63) is 151 Å². The summed E-state index contributed by atoms with van der Waals surface area (Å²) in [7, 11) is 1.58. The van der Waals surface area contributed by atoms with E-state index in [9.17, 15) is 9.59 Å². The van der Waals surface area contributed by atoms with Crippen LogP contribution in [0.4, 0.5) is 0 Å². The summed E-state index contributed by atoms with van der Waals surface area (Å²) in [6, 6.07) is 25.0. The predicted molar refractivity (Wildman–Crippen MR) is 202 cm³/mol. The van der Waals surface area contributed by atoms with Gasteiger partial charge in [0, 0.05) is 31.2 Å². The number of fused-ring (bicyclic) bond motifs is 1. The first-order valence-corrected chi connectivity index (χ1v) is 18.1. The lowest BCUT2D eigenvalue weighted by Gasteiger charge is -2.26. The number of aromatic nitrogens is 1. The molecule has 1 aliphatic rings. The maximum atomic E-state index is 14.4. The Labute approximate surface area is 312 Å². The molecule has 1 aromatic heterocycles. The minimum Gasteiger partial charge on any atom is -0.497 e. The molecule has 0 bridgehead atoms. The molecule has 0 fully saturated rings. The van der Waals surface area contributed by atoms with Gasteiger partial charge in [-0.3, -0.25) is 9.36 Å². The average Bonchev–Trinajstić information content (AvgIpc) is 3.38. The first-order chi connectivity index (χ1) is 23.2. The molecule has 1 atom stereocenters. The van der Waals surface area contributed by atoms with Gasteiger partial charge >= 0.3 is 5.97 Å². The second-order valence-corrected chi connectivity index (χ2v) is 14.5. The van der Waals surface area contributed by atoms with Crippen molar-refractivity contribution >= 4 is 90.8 Å². The maximum absolute atomic E-state index is 14.4. The lowest BCUT2D eigenvalue weighted by atomic mass is 9.93. The quantitative estimate of drug-likeness (QED) is 0.110. The van der Waals surface area contributed by atoms with Crippen LogP contribution in [0, 0.1) is 3.57 Å². The largest absolute Gasteiger partial charge is 0.497 e. The summed E-state index contributed by atoms with van der Waals surface area (Å²) in [4.78, 5) is 33.5. The smallest absolute Gasteiger partial charge is 0.338 e. The molecule has 0 amide bonds. The molecule has 0 N–H and O–H groups in total. The van der Waals surface area contributed by atoms with Gasteiger partial charge in [0.05, 0.1) is 39.1 Å². The molecule has 1 aliphatic heterocycles. The number of rotatable bonds is 9. The lowest BCUT2D eigenvalue weighted by molar-refractivity contribution is -0.138. The molecule has 5 aromatic rings. The Kier molecular flexibility index (Phi) is 10.8. The van der Waals surface area contributed by atoms with Crippen LogP contribution >= 0.6 is 73.1 Å². The van der Waals surface area contributed by atoms with E-state index in [1.807, 2.05) is 60.7 Å². The van der Waals surface area contributed by atoms with Gasteiger partial charge in [-0.2, -0.15) is 0 Å². The van der Waals surface area contributed by atoms with Crippen molar-refractivity contribution < 1.29 is 19.0 Å². The summed E-state index contributed by atoms with van der Waals surface area (Å²) in [5.74, 6) is 0.681. The Balaban J connectivity index is 1.55. The molecule has 7 nitrogen and oxygen atoms in total. The molecule has 0 aliphatic carbocycles. The number of carbonyl (C=O) groups excluding carboxylic acids is 1. The van der Waals surface area contributed by atoms with Crippen LogP contribution in [0.2, 0.25) is 10.0 Å². The van der Waals surface area contributed by atoms with E-state index in [-0.39, 0.29) is 24.3 Å². The van der Waals surface area contributed by atoms with Gasteiger partial charge < -0.3 is 14.2 Å². The number of hydrogen-bond donors (Lipinski definition) is 0. The van der Waals surface area contributed by atoms with Crippen molar-refractivity contribution in [3.63, 3.8) is 0 Å². The second-order valence-electron chi connectivity index (χ2n) is 10.5. The second kappa shape index (κ2) is 15.0. The van der Waals surface area contributed by atoms with Gasteiger partial charge in [0.15, 0.2) is 4.80 Å². The first kappa shape index (κ1) is 34.4. The number of halogens is 4. The Morgan fingerprint density at radius 2 is 1.81 bits per heavy atom. The molecular weight excluding hydrogens is 850 g/mol. The van der Waals surface area contributed by atoms with Crippen LogP contribution in [-0.4, -0.2) is 24.3 Å². The Hall–Kier alpha value is -3.42. The molecule has 4 aromatic carbocycles. The molecule has 0 saturated carbocycles. The molecular formula is C36H26BrCl2IN2O5S. The summed E-state index contributed by atoms with van der Waals surface area (Å²) in [6.45, 7) is 2.10. The highest BCUT2D eigenvalue weighted by Gasteiger charge is 2.35. The highest BCUT2D eigenvalue weighted by molar-refractivity contribution is 14.1. The topological polar surface area (TPSA) is 79.1 Å². The Bertz CT molecular complexity index is 2240. The van der Waals surface area contributed by atoms with E-state index < -0.39 is 12.0 Å². The molecule has 0 saturated heterocycles.